The smallest absolute Gasteiger partial charge is 0.147 e. The van der Waals surface area contributed by atoms with E-state index in [4.69, 9.17) is 9.47 Å². The fraction of sp³-hybridized carbons (Fsp3) is 0.217. The van der Waals surface area contributed by atoms with Gasteiger partial charge >= 0.3 is 0 Å². The molecule has 1 heterocycles. The lowest BCUT2D eigenvalue weighted by atomic mass is 10.0. The van der Waals surface area contributed by atoms with Gasteiger partial charge in [-0.15, -0.1) is 23.5 Å². The highest BCUT2D eigenvalue weighted by atomic mass is 32.2. The van der Waals surface area contributed by atoms with Crippen molar-refractivity contribution in [2.75, 3.05) is 25.2 Å². The average Bonchev–Trinajstić information content (AvgIpc) is 2.75. The second-order valence-electron chi connectivity index (χ2n) is 5.96. The fourth-order valence-corrected chi connectivity index (χ4v) is 5.28. The molecule has 0 radical (unpaired) electrons. The Morgan fingerprint density at radius 2 is 1.74 bits per heavy atom. The predicted molar refractivity (Wildman–Crippen MR) is 120 cm³/mol. The van der Waals surface area contributed by atoms with Gasteiger partial charge in [-0.2, -0.15) is 0 Å². The van der Waals surface area contributed by atoms with Crippen LogP contribution in [0.3, 0.4) is 0 Å². The van der Waals surface area contributed by atoms with E-state index in [1.807, 2.05) is 41.7 Å². The van der Waals surface area contributed by atoms with Gasteiger partial charge in [-0.3, -0.25) is 0 Å². The van der Waals surface area contributed by atoms with Crippen molar-refractivity contribution in [3.63, 3.8) is 0 Å². The average molecular weight is 397 g/mol. The number of methoxy groups -OCH3 is 1. The first-order valence-electron chi connectivity index (χ1n) is 8.97. The zero-order chi connectivity index (χ0) is 18.9. The second-order valence-corrected chi connectivity index (χ2v) is 8.43. The van der Waals surface area contributed by atoms with Crippen molar-refractivity contribution in [3.8, 4) is 5.75 Å². The molecule has 1 aliphatic rings. The van der Waals surface area contributed by atoms with Gasteiger partial charge < -0.3 is 9.47 Å². The van der Waals surface area contributed by atoms with Gasteiger partial charge in [0.2, 0.25) is 0 Å². The Morgan fingerprint density at radius 1 is 1.04 bits per heavy atom. The molecule has 140 valence electrons. The summed E-state index contributed by atoms with van der Waals surface area (Å²) in [5, 5.41) is 0. The minimum atomic E-state index is 0.493. The molecule has 1 saturated heterocycles. The predicted octanol–water partition coefficient (Wildman–Crippen LogP) is 6.48. The summed E-state index contributed by atoms with van der Waals surface area (Å²) >= 11 is 3.77. The molecular formula is C23H24O2S2. The summed E-state index contributed by atoms with van der Waals surface area (Å²) in [4.78, 5) is 0. The van der Waals surface area contributed by atoms with Crippen molar-refractivity contribution >= 4 is 35.2 Å². The molecule has 0 aromatic heterocycles. The summed E-state index contributed by atoms with van der Waals surface area (Å²) < 4.78 is 12.7. The molecule has 1 fully saturated rings. The van der Waals surface area contributed by atoms with Crippen molar-refractivity contribution in [1.29, 1.82) is 0 Å². The molecule has 0 aliphatic carbocycles. The van der Waals surface area contributed by atoms with E-state index in [-0.39, 0.29) is 0 Å². The maximum atomic E-state index is 6.19. The molecule has 0 bridgehead atoms. The van der Waals surface area contributed by atoms with Gasteiger partial charge in [0.1, 0.15) is 18.1 Å². The van der Waals surface area contributed by atoms with E-state index < -0.39 is 0 Å². The molecule has 1 aliphatic heterocycles. The van der Waals surface area contributed by atoms with Gasteiger partial charge in [0, 0.05) is 5.57 Å². The third-order valence-corrected chi connectivity index (χ3v) is 6.63. The van der Waals surface area contributed by atoms with Crippen LogP contribution in [0.4, 0.5) is 0 Å². The SMILES string of the molecule is C=CCOC(=C1SCCCS1)/C(=C/c1ccc(OC)cc1)c1ccccc1. The van der Waals surface area contributed by atoms with Crippen molar-refractivity contribution in [3.05, 3.63) is 88.4 Å². The number of thioether (sulfide) groups is 2. The minimum Gasteiger partial charge on any atom is -0.497 e. The third kappa shape index (κ3) is 5.47. The number of hydrogen-bond donors (Lipinski definition) is 0. The Morgan fingerprint density at radius 3 is 2.37 bits per heavy atom. The first-order chi connectivity index (χ1) is 13.3. The molecule has 2 nitrogen and oxygen atoms in total. The molecule has 0 spiro atoms. The second kappa shape index (κ2) is 10.3. The zero-order valence-corrected chi connectivity index (χ0v) is 17.2. The van der Waals surface area contributed by atoms with Crippen LogP contribution in [-0.2, 0) is 4.74 Å². The first kappa shape index (κ1) is 19.7. The van der Waals surface area contributed by atoms with Gasteiger partial charge in [0.05, 0.1) is 11.3 Å². The van der Waals surface area contributed by atoms with E-state index in [2.05, 4.69) is 49.1 Å². The highest BCUT2D eigenvalue weighted by Crippen LogP contribution is 2.42. The Balaban J connectivity index is 2.08. The Labute approximate surface area is 170 Å². The van der Waals surface area contributed by atoms with Crippen LogP contribution in [0.5, 0.6) is 5.75 Å². The molecule has 0 saturated carbocycles. The lowest BCUT2D eigenvalue weighted by Gasteiger charge is -2.21. The largest absolute Gasteiger partial charge is 0.497 e. The fourth-order valence-electron chi connectivity index (χ4n) is 2.71. The van der Waals surface area contributed by atoms with Crippen molar-refractivity contribution in [1.82, 2.24) is 0 Å². The summed E-state index contributed by atoms with van der Waals surface area (Å²) in [6.45, 7) is 4.31. The van der Waals surface area contributed by atoms with Crippen molar-refractivity contribution in [2.24, 2.45) is 0 Å². The van der Waals surface area contributed by atoms with E-state index in [1.165, 1.54) is 10.7 Å². The number of benzene rings is 2. The normalized spacial score (nSPS) is 14.6. The molecular weight excluding hydrogens is 372 g/mol. The van der Waals surface area contributed by atoms with E-state index in [0.29, 0.717) is 6.61 Å². The molecule has 2 aromatic carbocycles. The molecule has 27 heavy (non-hydrogen) atoms. The van der Waals surface area contributed by atoms with Gasteiger partial charge in [-0.05, 0) is 47.3 Å². The van der Waals surface area contributed by atoms with E-state index in [0.717, 1.165) is 39.7 Å². The number of allylic oxidation sites excluding steroid dienone is 1. The van der Waals surface area contributed by atoms with E-state index in [9.17, 15) is 0 Å². The summed E-state index contributed by atoms with van der Waals surface area (Å²) in [6, 6.07) is 18.5. The molecule has 4 heteroatoms. The third-order valence-electron chi connectivity index (χ3n) is 4.04. The quantitative estimate of drug-likeness (QED) is 0.303. The summed E-state index contributed by atoms with van der Waals surface area (Å²) in [5.41, 5.74) is 3.35. The van der Waals surface area contributed by atoms with E-state index >= 15 is 0 Å². The van der Waals surface area contributed by atoms with Crippen molar-refractivity contribution in [2.45, 2.75) is 6.42 Å². The van der Waals surface area contributed by atoms with Crippen LogP contribution < -0.4 is 4.74 Å². The van der Waals surface area contributed by atoms with Crippen molar-refractivity contribution < 1.29 is 9.47 Å². The molecule has 0 unspecified atom stereocenters. The van der Waals surface area contributed by atoms with E-state index in [1.54, 1.807) is 13.2 Å². The van der Waals surface area contributed by atoms with Gasteiger partial charge in [-0.1, -0.05) is 55.1 Å². The van der Waals surface area contributed by atoms with Crippen LogP contribution in [0, 0.1) is 0 Å². The molecule has 2 aromatic rings. The van der Waals surface area contributed by atoms with Crippen LogP contribution in [0.15, 0.2) is 77.2 Å². The number of rotatable bonds is 7. The zero-order valence-electron chi connectivity index (χ0n) is 15.5. The van der Waals surface area contributed by atoms with Crippen LogP contribution in [0.25, 0.3) is 11.6 Å². The van der Waals surface area contributed by atoms with Crippen LogP contribution >= 0.6 is 23.5 Å². The Bertz CT molecular complexity index is 800. The lowest BCUT2D eigenvalue weighted by molar-refractivity contribution is 0.266. The topological polar surface area (TPSA) is 18.5 Å². The first-order valence-corrected chi connectivity index (χ1v) is 10.9. The Hall–Kier alpha value is -2.04. The monoisotopic (exact) mass is 396 g/mol. The summed E-state index contributed by atoms with van der Waals surface area (Å²) in [5.74, 6) is 4.07. The van der Waals surface area contributed by atoms with Crippen LogP contribution in [0.1, 0.15) is 17.5 Å². The molecule has 0 amide bonds. The van der Waals surface area contributed by atoms with Gasteiger partial charge in [0.15, 0.2) is 0 Å². The standard InChI is InChI=1S/C23H24O2S2/c1-3-14-25-22(23-26-15-7-16-27-23)21(19-8-5-4-6-9-19)17-18-10-12-20(24-2)13-11-18/h3-6,8-13,17H,1,7,14-16H2,2H3/b21-17+. The van der Waals surface area contributed by atoms with Gasteiger partial charge in [-0.25, -0.2) is 0 Å². The number of ether oxygens (including phenoxy) is 2. The maximum absolute atomic E-state index is 6.19. The highest BCUT2D eigenvalue weighted by molar-refractivity contribution is 8.22. The van der Waals surface area contributed by atoms with Crippen LogP contribution in [0.2, 0.25) is 0 Å². The highest BCUT2D eigenvalue weighted by Gasteiger charge is 2.19. The summed E-state index contributed by atoms with van der Waals surface area (Å²) in [6.07, 6.45) is 5.22. The maximum Gasteiger partial charge on any atom is 0.147 e. The molecule has 0 N–H and O–H groups in total. The minimum absolute atomic E-state index is 0.493. The number of hydrogen-bond acceptors (Lipinski definition) is 4. The van der Waals surface area contributed by atoms with Crippen LogP contribution in [-0.4, -0.2) is 25.2 Å². The Kier molecular flexibility index (Phi) is 7.55. The lowest BCUT2D eigenvalue weighted by Crippen LogP contribution is -2.03. The molecule has 0 atom stereocenters. The summed E-state index contributed by atoms with van der Waals surface area (Å²) in [7, 11) is 1.68. The molecule has 3 rings (SSSR count). The van der Waals surface area contributed by atoms with Gasteiger partial charge in [0.25, 0.3) is 0 Å².